The van der Waals surface area contributed by atoms with Crippen LogP contribution >= 0.6 is 15.9 Å². The molecule has 26 heavy (non-hydrogen) atoms. The second-order valence-electron chi connectivity index (χ2n) is 5.99. The third-order valence-corrected chi connectivity index (χ3v) is 6.71. The number of fused-ring (bicyclic) bond motifs is 1. The number of imide groups is 2. The SMILES string of the molecule is O=C1CCC(N2C(=O)c3cccc(S(=O)(=O)CCCBr)c3C2=O)C(=O)N1. The Morgan fingerprint density at radius 3 is 2.54 bits per heavy atom. The molecule has 8 nitrogen and oxygen atoms in total. The average molecular weight is 443 g/mol. The first kappa shape index (κ1) is 18.7. The van der Waals surface area contributed by atoms with Gasteiger partial charge in [0.2, 0.25) is 11.8 Å². The van der Waals surface area contributed by atoms with Gasteiger partial charge in [0.25, 0.3) is 11.8 Å². The van der Waals surface area contributed by atoms with Crippen LogP contribution in [-0.4, -0.2) is 54.1 Å². The molecule has 4 amide bonds. The number of nitrogens with zero attached hydrogens (tertiary/aromatic N) is 1. The maximum absolute atomic E-state index is 12.8. The fourth-order valence-electron chi connectivity index (χ4n) is 3.10. The number of halogens is 1. The van der Waals surface area contributed by atoms with E-state index < -0.39 is 39.5 Å². The number of hydrogen-bond donors (Lipinski definition) is 1. The van der Waals surface area contributed by atoms with Gasteiger partial charge in [0, 0.05) is 11.8 Å². The van der Waals surface area contributed by atoms with Crippen molar-refractivity contribution < 1.29 is 27.6 Å². The Morgan fingerprint density at radius 1 is 1.15 bits per heavy atom. The van der Waals surface area contributed by atoms with Gasteiger partial charge in [0.15, 0.2) is 9.84 Å². The van der Waals surface area contributed by atoms with Crippen molar-refractivity contribution in [3.05, 3.63) is 29.3 Å². The molecule has 0 saturated carbocycles. The van der Waals surface area contributed by atoms with Gasteiger partial charge in [-0.05, 0) is 25.0 Å². The summed E-state index contributed by atoms with van der Waals surface area (Å²) in [7, 11) is -3.76. The molecule has 0 aromatic heterocycles. The number of benzene rings is 1. The summed E-state index contributed by atoms with van der Waals surface area (Å²) < 4.78 is 25.1. The van der Waals surface area contributed by atoms with E-state index in [2.05, 4.69) is 21.2 Å². The maximum Gasteiger partial charge on any atom is 0.263 e. The molecule has 2 aliphatic heterocycles. The Hall–Kier alpha value is -2.07. The van der Waals surface area contributed by atoms with Gasteiger partial charge in [-0.3, -0.25) is 29.4 Å². The highest BCUT2D eigenvalue weighted by molar-refractivity contribution is 9.09. The van der Waals surface area contributed by atoms with E-state index in [4.69, 9.17) is 0 Å². The van der Waals surface area contributed by atoms with Crippen molar-refractivity contribution in [3.63, 3.8) is 0 Å². The van der Waals surface area contributed by atoms with Crippen molar-refractivity contribution in [2.24, 2.45) is 0 Å². The molecule has 1 aromatic carbocycles. The summed E-state index contributed by atoms with van der Waals surface area (Å²) in [6.45, 7) is 0. The Balaban J connectivity index is 2.02. The second kappa shape index (κ2) is 6.92. The van der Waals surface area contributed by atoms with E-state index in [1.54, 1.807) is 0 Å². The van der Waals surface area contributed by atoms with Gasteiger partial charge >= 0.3 is 0 Å². The molecule has 2 aliphatic rings. The summed E-state index contributed by atoms with van der Waals surface area (Å²) in [6, 6.07) is 2.93. The minimum absolute atomic E-state index is 0.000216. The molecule has 10 heteroatoms. The number of hydrogen-bond acceptors (Lipinski definition) is 6. The largest absolute Gasteiger partial charge is 0.295 e. The van der Waals surface area contributed by atoms with E-state index in [1.165, 1.54) is 18.2 Å². The molecule has 0 spiro atoms. The van der Waals surface area contributed by atoms with E-state index in [0.29, 0.717) is 11.8 Å². The van der Waals surface area contributed by atoms with E-state index in [9.17, 15) is 27.6 Å². The lowest BCUT2D eigenvalue weighted by molar-refractivity contribution is -0.136. The van der Waals surface area contributed by atoms with Crippen molar-refractivity contribution >= 4 is 49.4 Å². The summed E-state index contributed by atoms with van der Waals surface area (Å²) in [5, 5.41) is 2.58. The highest BCUT2D eigenvalue weighted by Gasteiger charge is 2.46. The van der Waals surface area contributed by atoms with Gasteiger partial charge < -0.3 is 0 Å². The van der Waals surface area contributed by atoms with Crippen molar-refractivity contribution in [1.82, 2.24) is 10.2 Å². The summed E-state index contributed by atoms with van der Waals surface area (Å²) in [5.74, 6) is -2.93. The topological polar surface area (TPSA) is 118 Å². The van der Waals surface area contributed by atoms with E-state index in [1.807, 2.05) is 0 Å². The van der Waals surface area contributed by atoms with E-state index in [0.717, 1.165) is 4.90 Å². The van der Waals surface area contributed by atoms with Crippen molar-refractivity contribution in [1.29, 1.82) is 0 Å². The third kappa shape index (κ3) is 3.07. The lowest BCUT2D eigenvalue weighted by Crippen LogP contribution is -2.54. The standard InChI is InChI=1S/C16H15BrN2O6S/c17-7-2-8-26(24,25)11-4-1-3-9-13(11)16(23)19(15(9)22)10-5-6-12(20)18-14(10)21/h1,3-4,10H,2,5-8H2,(H,18,20,21). The summed E-state index contributed by atoms with van der Waals surface area (Å²) in [4.78, 5) is 49.4. The van der Waals surface area contributed by atoms with Gasteiger partial charge in [0.1, 0.15) is 6.04 Å². The quantitative estimate of drug-likeness (QED) is 0.528. The fourth-order valence-corrected chi connectivity index (χ4v) is 5.29. The lowest BCUT2D eigenvalue weighted by Gasteiger charge is -2.27. The predicted octanol–water partition coefficient (Wildman–Crippen LogP) is 0.647. The van der Waals surface area contributed by atoms with E-state index in [-0.39, 0.29) is 34.6 Å². The molecule has 0 aliphatic carbocycles. The van der Waals surface area contributed by atoms with Crippen LogP contribution in [0.1, 0.15) is 40.0 Å². The number of nitrogens with one attached hydrogen (secondary N) is 1. The van der Waals surface area contributed by atoms with Crippen LogP contribution in [-0.2, 0) is 19.4 Å². The van der Waals surface area contributed by atoms with E-state index >= 15 is 0 Å². The van der Waals surface area contributed by atoms with Crippen molar-refractivity contribution in [2.75, 3.05) is 11.1 Å². The molecule has 1 aromatic rings. The van der Waals surface area contributed by atoms with Gasteiger partial charge in [0.05, 0.1) is 21.8 Å². The highest BCUT2D eigenvalue weighted by Crippen LogP contribution is 2.32. The highest BCUT2D eigenvalue weighted by atomic mass is 79.9. The molecular weight excluding hydrogens is 428 g/mol. The number of carbonyl (C=O) groups is 4. The first-order chi connectivity index (χ1) is 12.3. The first-order valence-electron chi connectivity index (χ1n) is 7.91. The van der Waals surface area contributed by atoms with Crippen LogP contribution in [0.5, 0.6) is 0 Å². The molecule has 138 valence electrons. The Kier molecular flexibility index (Phi) is 4.98. The molecule has 2 heterocycles. The molecule has 1 atom stereocenters. The predicted molar refractivity (Wildman–Crippen MR) is 93.6 cm³/mol. The van der Waals surface area contributed by atoms with Gasteiger partial charge in [-0.25, -0.2) is 8.42 Å². The first-order valence-corrected chi connectivity index (χ1v) is 10.7. The molecule has 1 fully saturated rings. The van der Waals surface area contributed by atoms with Gasteiger partial charge in [-0.15, -0.1) is 0 Å². The molecule has 1 saturated heterocycles. The normalized spacial score (nSPS) is 20.3. The molecule has 0 radical (unpaired) electrons. The number of carbonyl (C=O) groups excluding carboxylic acids is 4. The van der Waals surface area contributed by atoms with Crippen LogP contribution in [0.2, 0.25) is 0 Å². The van der Waals surface area contributed by atoms with Crippen molar-refractivity contribution in [2.45, 2.75) is 30.2 Å². The summed E-state index contributed by atoms with van der Waals surface area (Å²) in [6.07, 6.45) is 0.368. The average Bonchev–Trinajstić information content (AvgIpc) is 2.85. The zero-order valence-corrected chi connectivity index (χ0v) is 15.9. The number of piperidine rings is 1. The lowest BCUT2D eigenvalue weighted by atomic mass is 10.0. The molecular formula is C16H15BrN2O6S. The van der Waals surface area contributed by atoms with Crippen LogP contribution in [0.25, 0.3) is 0 Å². The Morgan fingerprint density at radius 2 is 1.88 bits per heavy atom. The minimum atomic E-state index is -3.76. The molecule has 0 bridgehead atoms. The van der Waals surface area contributed by atoms with Crippen LogP contribution in [0.4, 0.5) is 0 Å². The van der Waals surface area contributed by atoms with Gasteiger partial charge in [-0.1, -0.05) is 22.0 Å². The smallest absolute Gasteiger partial charge is 0.263 e. The number of alkyl halides is 1. The number of amides is 4. The third-order valence-electron chi connectivity index (χ3n) is 4.31. The fraction of sp³-hybridized carbons (Fsp3) is 0.375. The minimum Gasteiger partial charge on any atom is -0.295 e. The second-order valence-corrected chi connectivity index (χ2v) is 8.86. The molecule has 3 rings (SSSR count). The van der Waals surface area contributed by atoms with Crippen LogP contribution < -0.4 is 5.32 Å². The molecule has 1 unspecified atom stereocenters. The van der Waals surface area contributed by atoms with Crippen LogP contribution in [0.3, 0.4) is 0 Å². The zero-order chi connectivity index (χ0) is 19.1. The zero-order valence-electron chi connectivity index (χ0n) is 13.5. The number of sulfone groups is 1. The van der Waals surface area contributed by atoms with Crippen LogP contribution in [0, 0.1) is 0 Å². The van der Waals surface area contributed by atoms with Gasteiger partial charge in [-0.2, -0.15) is 0 Å². The summed E-state index contributed by atoms with van der Waals surface area (Å²) in [5.41, 5.74) is -0.239. The monoisotopic (exact) mass is 442 g/mol. The van der Waals surface area contributed by atoms with Crippen LogP contribution in [0.15, 0.2) is 23.1 Å². The summed E-state index contributed by atoms with van der Waals surface area (Å²) >= 11 is 3.17. The van der Waals surface area contributed by atoms with Crippen molar-refractivity contribution in [3.8, 4) is 0 Å². The molecule has 1 N–H and O–H groups in total. The Bertz CT molecular complexity index is 927. The maximum atomic E-state index is 12.8. The Labute approximate surface area is 158 Å². The number of rotatable bonds is 5.